The zero-order chi connectivity index (χ0) is 18.8. The lowest BCUT2D eigenvalue weighted by atomic mass is 10.1. The predicted molar refractivity (Wildman–Crippen MR) is 107 cm³/mol. The van der Waals surface area contributed by atoms with Crippen LogP contribution in [0, 0.1) is 0 Å². The van der Waals surface area contributed by atoms with Crippen LogP contribution >= 0.6 is 27.5 Å². The van der Waals surface area contributed by atoms with E-state index in [1.807, 2.05) is 6.92 Å². The highest BCUT2D eigenvalue weighted by atomic mass is 79.9. The fraction of sp³-hybridized carbons (Fsp3) is 0.158. The third kappa shape index (κ3) is 3.61. The SMILES string of the molecule is CCOc1cc(Br)c(C=C2C(=O)N(c3ccc(Cl)cc3)N=C2C)cc1O. The van der Waals surface area contributed by atoms with Crippen LogP contribution in [-0.4, -0.2) is 23.3 Å². The van der Waals surface area contributed by atoms with Crippen LogP contribution in [0.2, 0.25) is 5.02 Å². The number of ether oxygens (including phenoxy) is 1. The molecule has 134 valence electrons. The van der Waals surface area contributed by atoms with Gasteiger partial charge in [-0.2, -0.15) is 10.1 Å². The zero-order valence-electron chi connectivity index (χ0n) is 14.2. The van der Waals surface area contributed by atoms with Gasteiger partial charge in [0.25, 0.3) is 5.91 Å². The van der Waals surface area contributed by atoms with Gasteiger partial charge < -0.3 is 9.84 Å². The molecule has 2 aromatic carbocycles. The van der Waals surface area contributed by atoms with Crippen LogP contribution in [0.5, 0.6) is 11.5 Å². The van der Waals surface area contributed by atoms with Crippen LogP contribution in [0.4, 0.5) is 5.69 Å². The van der Waals surface area contributed by atoms with Gasteiger partial charge in [-0.15, -0.1) is 0 Å². The largest absolute Gasteiger partial charge is 0.504 e. The number of aromatic hydroxyl groups is 1. The smallest absolute Gasteiger partial charge is 0.280 e. The van der Waals surface area contributed by atoms with Gasteiger partial charge in [0.15, 0.2) is 11.5 Å². The number of phenols is 1. The van der Waals surface area contributed by atoms with Gasteiger partial charge in [-0.3, -0.25) is 4.79 Å². The number of anilines is 1. The molecule has 0 aromatic heterocycles. The Morgan fingerprint density at radius 1 is 1.31 bits per heavy atom. The van der Waals surface area contributed by atoms with Crippen molar-refractivity contribution < 1.29 is 14.6 Å². The fourth-order valence-corrected chi connectivity index (χ4v) is 3.10. The van der Waals surface area contributed by atoms with E-state index in [1.165, 1.54) is 5.01 Å². The van der Waals surface area contributed by atoms with Crippen molar-refractivity contribution in [3.63, 3.8) is 0 Å². The van der Waals surface area contributed by atoms with Crippen LogP contribution in [0.25, 0.3) is 6.08 Å². The molecule has 1 amide bonds. The fourth-order valence-electron chi connectivity index (χ4n) is 2.54. The van der Waals surface area contributed by atoms with Crippen molar-refractivity contribution in [1.82, 2.24) is 0 Å². The quantitative estimate of drug-likeness (QED) is 0.687. The number of carbonyl (C=O) groups is 1. The predicted octanol–water partition coefficient (Wildman–Crippen LogP) is 5.01. The van der Waals surface area contributed by atoms with Gasteiger partial charge in [-0.1, -0.05) is 27.5 Å². The molecule has 0 unspecified atom stereocenters. The molecule has 5 nitrogen and oxygen atoms in total. The van der Waals surface area contributed by atoms with Crippen LogP contribution < -0.4 is 9.75 Å². The molecular formula is C19H16BrClN2O3. The van der Waals surface area contributed by atoms with Crippen molar-refractivity contribution >= 4 is 50.9 Å². The van der Waals surface area contributed by atoms with E-state index in [0.29, 0.717) is 44.4 Å². The van der Waals surface area contributed by atoms with E-state index in [2.05, 4.69) is 21.0 Å². The number of halogens is 2. The lowest BCUT2D eigenvalue weighted by Crippen LogP contribution is -2.21. The minimum absolute atomic E-state index is 0.0106. The average Bonchev–Trinajstić information content (AvgIpc) is 2.88. The van der Waals surface area contributed by atoms with E-state index in [0.717, 1.165) is 0 Å². The maximum atomic E-state index is 12.8. The minimum atomic E-state index is -0.245. The summed E-state index contributed by atoms with van der Waals surface area (Å²) in [6.07, 6.45) is 1.69. The molecule has 0 fully saturated rings. The molecule has 0 saturated carbocycles. The molecule has 2 aromatic rings. The molecule has 1 aliphatic rings. The number of nitrogens with zero attached hydrogens (tertiary/aromatic N) is 2. The van der Waals surface area contributed by atoms with Crippen LogP contribution in [0.1, 0.15) is 19.4 Å². The Morgan fingerprint density at radius 2 is 2.00 bits per heavy atom. The molecule has 26 heavy (non-hydrogen) atoms. The number of phenolic OH excluding ortho intramolecular Hbond substituents is 1. The van der Waals surface area contributed by atoms with Crippen LogP contribution in [0.3, 0.4) is 0 Å². The van der Waals surface area contributed by atoms with Crippen LogP contribution in [0.15, 0.2) is 51.5 Å². The Morgan fingerprint density at radius 3 is 2.65 bits per heavy atom. The molecule has 1 heterocycles. The summed E-state index contributed by atoms with van der Waals surface area (Å²) in [4.78, 5) is 12.8. The van der Waals surface area contributed by atoms with Crippen LogP contribution in [-0.2, 0) is 4.79 Å². The zero-order valence-corrected chi connectivity index (χ0v) is 16.5. The molecule has 0 aliphatic carbocycles. The summed E-state index contributed by atoms with van der Waals surface area (Å²) >= 11 is 9.35. The summed E-state index contributed by atoms with van der Waals surface area (Å²) < 4.78 is 6.06. The number of amides is 1. The second kappa shape index (κ2) is 7.51. The van der Waals surface area contributed by atoms with Crippen molar-refractivity contribution in [2.75, 3.05) is 11.6 Å². The number of hydrogen-bond acceptors (Lipinski definition) is 4. The van der Waals surface area contributed by atoms with Crippen molar-refractivity contribution in [3.8, 4) is 11.5 Å². The van der Waals surface area contributed by atoms with Gasteiger partial charge >= 0.3 is 0 Å². The normalized spacial score (nSPS) is 15.5. The Balaban J connectivity index is 1.95. The van der Waals surface area contributed by atoms with Gasteiger partial charge in [-0.05, 0) is 61.9 Å². The molecule has 0 saturated heterocycles. The maximum Gasteiger partial charge on any atom is 0.280 e. The number of hydrazone groups is 1. The molecule has 3 rings (SSSR count). The summed E-state index contributed by atoms with van der Waals surface area (Å²) in [5.74, 6) is 0.147. The van der Waals surface area contributed by atoms with Gasteiger partial charge in [0.1, 0.15) is 0 Å². The highest BCUT2D eigenvalue weighted by Gasteiger charge is 2.29. The first-order chi connectivity index (χ1) is 12.4. The van der Waals surface area contributed by atoms with Crippen molar-refractivity contribution in [3.05, 3.63) is 57.0 Å². The minimum Gasteiger partial charge on any atom is -0.504 e. The summed E-state index contributed by atoms with van der Waals surface area (Å²) in [7, 11) is 0. The first kappa shape index (κ1) is 18.5. The van der Waals surface area contributed by atoms with Gasteiger partial charge in [-0.25, -0.2) is 0 Å². The second-order valence-electron chi connectivity index (χ2n) is 5.61. The number of benzene rings is 2. The Labute approximate surface area is 164 Å². The summed E-state index contributed by atoms with van der Waals surface area (Å²) in [6, 6.07) is 10.1. The van der Waals surface area contributed by atoms with E-state index in [1.54, 1.807) is 49.4 Å². The molecular weight excluding hydrogens is 420 g/mol. The summed E-state index contributed by atoms with van der Waals surface area (Å²) in [5.41, 5.74) is 2.33. The lowest BCUT2D eigenvalue weighted by molar-refractivity contribution is -0.114. The Kier molecular flexibility index (Phi) is 5.34. The third-order valence-corrected chi connectivity index (χ3v) is 4.75. The topological polar surface area (TPSA) is 62.1 Å². The summed E-state index contributed by atoms with van der Waals surface area (Å²) in [6.45, 7) is 4.05. The van der Waals surface area contributed by atoms with E-state index in [9.17, 15) is 9.90 Å². The highest BCUT2D eigenvalue weighted by molar-refractivity contribution is 9.10. The molecule has 7 heteroatoms. The first-order valence-corrected chi connectivity index (χ1v) is 9.10. The molecule has 0 bridgehead atoms. The number of carbonyl (C=O) groups excluding carboxylic acids is 1. The Bertz CT molecular complexity index is 923. The van der Waals surface area contributed by atoms with Crippen molar-refractivity contribution in [1.29, 1.82) is 0 Å². The standard InChI is InChI=1S/C19H16BrClN2O3/c1-3-26-18-10-16(20)12(9-17(18)24)8-15-11(2)22-23(19(15)25)14-6-4-13(21)5-7-14/h4-10,24H,3H2,1-2H3. The molecule has 1 N–H and O–H groups in total. The van der Waals surface area contributed by atoms with Crippen molar-refractivity contribution in [2.24, 2.45) is 5.10 Å². The lowest BCUT2D eigenvalue weighted by Gasteiger charge is -2.12. The third-order valence-electron chi connectivity index (χ3n) is 3.81. The van der Waals surface area contributed by atoms with E-state index < -0.39 is 0 Å². The molecule has 0 radical (unpaired) electrons. The molecule has 1 aliphatic heterocycles. The van der Waals surface area contributed by atoms with Gasteiger partial charge in [0.05, 0.1) is 23.6 Å². The monoisotopic (exact) mass is 434 g/mol. The van der Waals surface area contributed by atoms with Gasteiger partial charge in [0, 0.05) is 9.50 Å². The van der Waals surface area contributed by atoms with Crippen molar-refractivity contribution in [2.45, 2.75) is 13.8 Å². The molecule has 0 atom stereocenters. The highest BCUT2D eigenvalue weighted by Crippen LogP contribution is 2.35. The Hall–Kier alpha value is -2.31. The number of rotatable bonds is 4. The second-order valence-corrected chi connectivity index (χ2v) is 6.90. The van der Waals surface area contributed by atoms with E-state index in [-0.39, 0.29) is 11.7 Å². The number of hydrogen-bond donors (Lipinski definition) is 1. The summed E-state index contributed by atoms with van der Waals surface area (Å²) in [5, 5.41) is 16.3. The maximum absolute atomic E-state index is 12.8. The van der Waals surface area contributed by atoms with E-state index in [4.69, 9.17) is 16.3 Å². The first-order valence-electron chi connectivity index (χ1n) is 7.93. The van der Waals surface area contributed by atoms with Gasteiger partial charge in [0.2, 0.25) is 0 Å². The average molecular weight is 436 g/mol. The molecule has 0 spiro atoms. The van der Waals surface area contributed by atoms with E-state index >= 15 is 0 Å².